The summed E-state index contributed by atoms with van der Waals surface area (Å²) < 4.78 is 0. The zero-order valence-electron chi connectivity index (χ0n) is 8.07. The molecule has 2 N–H and O–H groups in total. The van der Waals surface area contributed by atoms with Crippen LogP contribution in [0.1, 0.15) is 24.3 Å². The van der Waals surface area contributed by atoms with E-state index in [0.717, 1.165) is 10.9 Å². The van der Waals surface area contributed by atoms with Gasteiger partial charge in [0, 0.05) is 5.39 Å². The van der Waals surface area contributed by atoms with Crippen molar-refractivity contribution in [3.05, 3.63) is 28.8 Å². The summed E-state index contributed by atoms with van der Waals surface area (Å²) in [6, 6.07) is 5.93. The van der Waals surface area contributed by atoms with E-state index in [1.165, 1.54) is 18.4 Å². The van der Waals surface area contributed by atoms with Gasteiger partial charge < -0.3 is 5.73 Å². The lowest BCUT2D eigenvalue weighted by Crippen LogP contribution is -1.94. The molecule has 1 aliphatic rings. The first-order valence-electron chi connectivity index (χ1n) is 4.96. The van der Waals surface area contributed by atoms with E-state index in [1.54, 1.807) is 0 Å². The second kappa shape index (κ2) is 3.07. The summed E-state index contributed by atoms with van der Waals surface area (Å²) >= 11 is 6.14. The molecule has 3 nitrogen and oxygen atoms in total. The van der Waals surface area contributed by atoms with Crippen molar-refractivity contribution in [1.29, 1.82) is 0 Å². The highest BCUT2D eigenvalue weighted by molar-refractivity contribution is 6.35. The van der Waals surface area contributed by atoms with Gasteiger partial charge in [0.15, 0.2) is 0 Å². The van der Waals surface area contributed by atoms with Gasteiger partial charge in [0.25, 0.3) is 0 Å². The van der Waals surface area contributed by atoms with Gasteiger partial charge in [-0.05, 0) is 42.5 Å². The second-order valence-corrected chi connectivity index (χ2v) is 4.39. The number of fused-ring (bicyclic) bond motifs is 1. The number of halogens is 1. The third-order valence-electron chi connectivity index (χ3n) is 2.73. The van der Waals surface area contributed by atoms with Crippen molar-refractivity contribution >= 4 is 28.3 Å². The molecule has 15 heavy (non-hydrogen) atoms. The molecule has 0 amide bonds. The average molecular weight is 220 g/mol. The molecule has 0 unspecified atom stereocenters. The molecule has 0 spiro atoms. The summed E-state index contributed by atoms with van der Waals surface area (Å²) in [5.74, 6) is 1.12. The molecule has 76 valence electrons. The zero-order valence-corrected chi connectivity index (χ0v) is 8.83. The molecular weight excluding hydrogens is 210 g/mol. The Hall–Kier alpha value is -1.35. The van der Waals surface area contributed by atoms with Gasteiger partial charge in [0.05, 0.1) is 5.02 Å². The minimum Gasteiger partial charge on any atom is -0.382 e. The molecule has 3 rings (SSSR count). The molecule has 1 saturated carbocycles. The third kappa shape index (κ3) is 1.53. The van der Waals surface area contributed by atoms with Crippen LogP contribution < -0.4 is 5.73 Å². The topological polar surface area (TPSA) is 51.8 Å². The molecular formula is C11H10ClN3. The second-order valence-electron chi connectivity index (χ2n) is 3.98. The quantitative estimate of drug-likeness (QED) is 0.803. The predicted molar refractivity (Wildman–Crippen MR) is 60.9 cm³/mol. The van der Waals surface area contributed by atoms with Crippen LogP contribution >= 0.6 is 11.6 Å². The maximum atomic E-state index is 6.14. The number of aromatic nitrogens is 2. The number of hydrogen-bond acceptors (Lipinski definition) is 3. The standard InChI is InChI=1S/C11H10ClN3/c12-9-4-7(6-1-2-6)3-8-5-10(13)14-15-11(8)9/h3-6H,1-2H2,(H2,13,14). The molecule has 1 aromatic carbocycles. The van der Waals surface area contributed by atoms with Crippen LogP contribution in [0.15, 0.2) is 18.2 Å². The number of nitrogens with two attached hydrogens (primary N) is 1. The molecule has 0 radical (unpaired) electrons. The minimum atomic E-state index is 0.437. The van der Waals surface area contributed by atoms with Crippen LogP contribution in [0, 0.1) is 0 Å². The lowest BCUT2D eigenvalue weighted by Gasteiger charge is -2.04. The Morgan fingerprint density at radius 2 is 2.00 bits per heavy atom. The number of rotatable bonds is 1. The van der Waals surface area contributed by atoms with E-state index in [4.69, 9.17) is 17.3 Å². The monoisotopic (exact) mass is 219 g/mol. The van der Waals surface area contributed by atoms with Crippen molar-refractivity contribution < 1.29 is 0 Å². The van der Waals surface area contributed by atoms with Crippen molar-refractivity contribution in [3.63, 3.8) is 0 Å². The Kier molecular flexibility index (Phi) is 1.83. The Morgan fingerprint density at radius 1 is 1.20 bits per heavy atom. The van der Waals surface area contributed by atoms with E-state index in [-0.39, 0.29) is 0 Å². The Bertz CT molecular complexity index is 535. The maximum Gasteiger partial charge on any atom is 0.146 e. The van der Waals surface area contributed by atoms with Gasteiger partial charge in [0.2, 0.25) is 0 Å². The van der Waals surface area contributed by atoms with E-state index in [9.17, 15) is 0 Å². The molecule has 4 heteroatoms. The summed E-state index contributed by atoms with van der Waals surface area (Å²) in [5.41, 5.74) is 7.62. The van der Waals surface area contributed by atoms with Gasteiger partial charge in [-0.2, -0.15) is 0 Å². The van der Waals surface area contributed by atoms with Crippen molar-refractivity contribution in [2.24, 2.45) is 0 Å². The van der Waals surface area contributed by atoms with Crippen LogP contribution in [0.3, 0.4) is 0 Å². The van der Waals surface area contributed by atoms with Crippen LogP contribution in [-0.4, -0.2) is 10.2 Å². The van der Waals surface area contributed by atoms with E-state index < -0.39 is 0 Å². The molecule has 1 aromatic heterocycles. The molecule has 0 aliphatic heterocycles. The number of nitrogen functional groups attached to an aromatic ring is 1. The number of benzene rings is 1. The van der Waals surface area contributed by atoms with E-state index in [1.807, 2.05) is 12.1 Å². The van der Waals surface area contributed by atoms with Crippen LogP contribution in [0.25, 0.3) is 10.9 Å². The van der Waals surface area contributed by atoms with Gasteiger partial charge in [0.1, 0.15) is 11.3 Å². The molecule has 0 atom stereocenters. The molecule has 2 aromatic rings. The Morgan fingerprint density at radius 3 is 2.73 bits per heavy atom. The average Bonchev–Trinajstić information content (AvgIpc) is 2.99. The minimum absolute atomic E-state index is 0.437. The predicted octanol–water partition coefficient (Wildman–Crippen LogP) is 2.74. The van der Waals surface area contributed by atoms with Gasteiger partial charge in [-0.1, -0.05) is 11.6 Å². The zero-order chi connectivity index (χ0) is 10.4. The fraction of sp³-hybridized carbons (Fsp3) is 0.273. The van der Waals surface area contributed by atoms with Gasteiger partial charge in [-0.3, -0.25) is 0 Å². The lowest BCUT2D eigenvalue weighted by atomic mass is 10.1. The number of nitrogens with zero attached hydrogens (tertiary/aromatic N) is 2. The van der Waals surface area contributed by atoms with Crippen molar-refractivity contribution in [2.75, 3.05) is 5.73 Å². The van der Waals surface area contributed by atoms with Crippen molar-refractivity contribution in [2.45, 2.75) is 18.8 Å². The number of anilines is 1. The van der Waals surface area contributed by atoms with Gasteiger partial charge in [-0.25, -0.2) is 0 Å². The fourth-order valence-electron chi connectivity index (χ4n) is 1.81. The summed E-state index contributed by atoms with van der Waals surface area (Å²) in [6.07, 6.45) is 2.52. The first kappa shape index (κ1) is 8.92. The lowest BCUT2D eigenvalue weighted by molar-refractivity contribution is 1.08. The smallest absolute Gasteiger partial charge is 0.146 e. The van der Waals surface area contributed by atoms with Crippen molar-refractivity contribution in [3.8, 4) is 0 Å². The molecule has 1 aliphatic carbocycles. The van der Waals surface area contributed by atoms with E-state index in [2.05, 4.69) is 16.3 Å². The van der Waals surface area contributed by atoms with E-state index in [0.29, 0.717) is 16.8 Å². The highest BCUT2D eigenvalue weighted by atomic mass is 35.5. The first-order chi connectivity index (χ1) is 7.24. The first-order valence-corrected chi connectivity index (χ1v) is 5.34. The molecule has 1 heterocycles. The van der Waals surface area contributed by atoms with E-state index >= 15 is 0 Å². The summed E-state index contributed by atoms with van der Waals surface area (Å²) in [5, 5.41) is 9.45. The van der Waals surface area contributed by atoms with Crippen LogP contribution in [0.2, 0.25) is 5.02 Å². The Labute approximate surface area is 92.3 Å². The summed E-state index contributed by atoms with van der Waals surface area (Å²) in [6.45, 7) is 0. The molecule has 0 bridgehead atoms. The summed E-state index contributed by atoms with van der Waals surface area (Å²) in [4.78, 5) is 0. The fourth-order valence-corrected chi connectivity index (χ4v) is 2.08. The maximum absolute atomic E-state index is 6.14. The van der Waals surface area contributed by atoms with Crippen LogP contribution in [0.4, 0.5) is 5.82 Å². The molecule has 0 saturated heterocycles. The largest absolute Gasteiger partial charge is 0.382 e. The van der Waals surface area contributed by atoms with Gasteiger partial charge in [-0.15, -0.1) is 10.2 Å². The van der Waals surface area contributed by atoms with Crippen LogP contribution in [0.5, 0.6) is 0 Å². The van der Waals surface area contributed by atoms with Crippen LogP contribution in [-0.2, 0) is 0 Å². The van der Waals surface area contributed by atoms with Crippen molar-refractivity contribution in [1.82, 2.24) is 10.2 Å². The normalized spacial score (nSPS) is 15.8. The highest BCUT2D eigenvalue weighted by Crippen LogP contribution is 2.42. The molecule has 1 fully saturated rings. The third-order valence-corrected chi connectivity index (χ3v) is 3.02. The number of hydrogen-bond donors (Lipinski definition) is 1. The summed E-state index contributed by atoms with van der Waals surface area (Å²) in [7, 11) is 0. The van der Waals surface area contributed by atoms with Gasteiger partial charge >= 0.3 is 0 Å². The SMILES string of the molecule is Nc1cc2cc(C3CC3)cc(Cl)c2nn1. The Balaban J connectivity index is 2.27. The highest BCUT2D eigenvalue weighted by Gasteiger charge is 2.24.